The molecule has 1 heterocycles. The highest BCUT2D eigenvalue weighted by Gasteiger charge is 2.46. The van der Waals surface area contributed by atoms with Crippen LogP contribution in [0, 0.1) is 6.92 Å². The van der Waals surface area contributed by atoms with Crippen molar-refractivity contribution < 1.29 is 19.4 Å². The molecular formula is C29H30N2O4. The van der Waals surface area contributed by atoms with Gasteiger partial charge in [0.15, 0.2) is 0 Å². The van der Waals surface area contributed by atoms with Gasteiger partial charge in [0.2, 0.25) is 0 Å². The maximum atomic E-state index is 13.2. The molecule has 35 heavy (non-hydrogen) atoms. The third kappa shape index (κ3) is 5.44. The number of likely N-dealkylation sites (N-methyl/N-ethyl adjacent to an activating group) is 1. The number of carbonyl (C=O) groups is 2. The van der Waals surface area contributed by atoms with E-state index in [9.17, 15) is 14.7 Å². The Kier molecular flexibility index (Phi) is 7.32. The number of benzene rings is 3. The first-order valence-electron chi connectivity index (χ1n) is 11.6. The molecule has 0 aliphatic carbocycles. The molecule has 1 aliphatic rings. The minimum Gasteiger partial charge on any atom is -0.507 e. The molecule has 1 amide bonds. The molecule has 0 aromatic heterocycles. The standard InChI is InChI=1S/C29H30N2O4/c1-20-12-14-22(15-13-20)27(32)25-26(31(17-16-30(2)3)29(34)28(25)33)23-10-7-11-24(18-23)35-19-21-8-5-4-6-9-21/h4-15,18,26,32H,16-17,19H2,1-3H3. The molecule has 1 aliphatic heterocycles. The Morgan fingerprint density at radius 1 is 0.971 bits per heavy atom. The molecular weight excluding hydrogens is 440 g/mol. The molecule has 180 valence electrons. The number of ketones is 1. The van der Waals surface area contributed by atoms with Gasteiger partial charge < -0.3 is 19.6 Å². The Morgan fingerprint density at radius 2 is 1.69 bits per heavy atom. The summed E-state index contributed by atoms with van der Waals surface area (Å²) in [5.41, 5.74) is 3.38. The van der Waals surface area contributed by atoms with Gasteiger partial charge in [-0.05, 0) is 44.3 Å². The summed E-state index contributed by atoms with van der Waals surface area (Å²) in [6.07, 6.45) is 0. The Morgan fingerprint density at radius 3 is 2.37 bits per heavy atom. The van der Waals surface area contributed by atoms with Gasteiger partial charge in [0, 0.05) is 18.7 Å². The fourth-order valence-corrected chi connectivity index (χ4v) is 4.15. The number of aliphatic hydroxyl groups excluding tert-OH is 1. The highest BCUT2D eigenvalue weighted by atomic mass is 16.5. The lowest BCUT2D eigenvalue weighted by atomic mass is 9.95. The second kappa shape index (κ2) is 10.6. The largest absolute Gasteiger partial charge is 0.507 e. The number of aryl methyl sites for hydroxylation is 1. The predicted molar refractivity (Wildman–Crippen MR) is 136 cm³/mol. The second-order valence-electron chi connectivity index (χ2n) is 9.01. The van der Waals surface area contributed by atoms with E-state index in [1.165, 1.54) is 0 Å². The fraction of sp³-hybridized carbons (Fsp3) is 0.241. The van der Waals surface area contributed by atoms with Gasteiger partial charge in [-0.15, -0.1) is 0 Å². The molecule has 1 saturated heterocycles. The average molecular weight is 471 g/mol. The van der Waals surface area contributed by atoms with E-state index in [-0.39, 0.29) is 11.3 Å². The molecule has 0 radical (unpaired) electrons. The monoisotopic (exact) mass is 470 g/mol. The maximum absolute atomic E-state index is 13.2. The zero-order chi connectivity index (χ0) is 24.9. The van der Waals surface area contributed by atoms with Gasteiger partial charge in [-0.25, -0.2) is 0 Å². The van der Waals surface area contributed by atoms with Gasteiger partial charge in [0.25, 0.3) is 11.7 Å². The average Bonchev–Trinajstić information content (AvgIpc) is 3.12. The Balaban J connectivity index is 1.73. The minimum absolute atomic E-state index is 0.0952. The van der Waals surface area contributed by atoms with Gasteiger partial charge in [-0.3, -0.25) is 9.59 Å². The van der Waals surface area contributed by atoms with Crippen LogP contribution in [0.25, 0.3) is 5.76 Å². The van der Waals surface area contributed by atoms with Crippen LogP contribution in [0.5, 0.6) is 5.75 Å². The molecule has 0 spiro atoms. The van der Waals surface area contributed by atoms with E-state index in [2.05, 4.69) is 0 Å². The number of rotatable bonds is 8. The quantitative estimate of drug-likeness (QED) is 0.297. The molecule has 1 fully saturated rings. The van der Waals surface area contributed by atoms with E-state index in [4.69, 9.17) is 4.74 Å². The van der Waals surface area contributed by atoms with Gasteiger partial charge in [0.1, 0.15) is 18.1 Å². The first-order chi connectivity index (χ1) is 16.8. The van der Waals surface area contributed by atoms with Gasteiger partial charge >= 0.3 is 0 Å². The number of likely N-dealkylation sites (tertiary alicyclic amines) is 1. The van der Waals surface area contributed by atoms with Crippen LogP contribution >= 0.6 is 0 Å². The number of hydrogen-bond donors (Lipinski definition) is 1. The van der Waals surface area contributed by atoms with Crippen molar-refractivity contribution in [3.63, 3.8) is 0 Å². The smallest absolute Gasteiger partial charge is 0.295 e. The van der Waals surface area contributed by atoms with Crippen molar-refractivity contribution in [3.05, 3.63) is 107 Å². The number of amides is 1. The first kappa shape index (κ1) is 24.2. The normalized spacial score (nSPS) is 17.3. The van der Waals surface area contributed by atoms with Gasteiger partial charge in [-0.1, -0.05) is 72.3 Å². The van der Waals surface area contributed by atoms with Crippen LogP contribution < -0.4 is 4.74 Å². The molecule has 0 bridgehead atoms. The van der Waals surface area contributed by atoms with Gasteiger partial charge in [0.05, 0.1) is 11.6 Å². The third-order valence-electron chi connectivity index (χ3n) is 6.08. The second-order valence-corrected chi connectivity index (χ2v) is 9.01. The summed E-state index contributed by atoms with van der Waals surface area (Å²) >= 11 is 0. The van der Waals surface area contributed by atoms with Crippen molar-refractivity contribution in [2.75, 3.05) is 27.2 Å². The molecule has 3 aromatic carbocycles. The molecule has 0 saturated carbocycles. The molecule has 1 N–H and O–H groups in total. The fourth-order valence-electron chi connectivity index (χ4n) is 4.15. The molecule has 6 nitrogen and oxygen atoms in total. The topological polar surface area (TPSA) is 70.1 Å². The SMILES string of the molecule is Cc1ccc(C(O)=C2C(=O)C(=O)N(CCN(C)C)C2c2cccc(OCc3ccccc3)c2)cc1. The van der Waals surface area contributed by atoms with E-state index < -0.39 is 17.7 Å². The van der Waals surface area contributed by atoms with E-state index in [1.807, 2.05) is 92.6 Å². The van der Waals surface area contributed by atoms with E-state index in [1.54, 1.807) is 17.0 Å². The first-order valence-corrected chi connectivity index (χ1v) is 11.6. The summed E-state index contributed by atoms with van der Waals surface area (Å²) in [6, 6.07) is 23.8. The van der Waals surface area contributed by atoms with Crippen molar-refractivity contribution in [2.24, 2.45) is 0 Å². The molecule has 1 atom stereocenters. The third-order valence-corrected chi connectivity index (χ3v) is 6.08. The summed E-state index contributed by atoms with van der Waals surface area (Å²) in [5, 5.41) is 11.2. The zero-order valence-corrected chi connectivity index (χ0v) is 20.3. The van der Waals surface area contributed by atoms with Gasteiger partial charge in [-0.2, -0.15) is 0 Å². The van der Waals surface area contributed by atoms with Crippen LogP contribution in [0.3, 0.4) is 0 Å². The molecule has 1 unspecified atom stereocenters. The lowest BCUT2D eigenvalue weighted by Crippen LogP contribution is -2.35. The minimum atomic E-state index is -0.712. The maximum Gasteiger partial charge on any atom is 0.295 e. The van der Waals surface area contributed by atoms with Crippen molar-refractivity contribution in [1.82, 2.24) is 9.80 Å². The van der Waals surface area contributed by atoms with Crippen molar-refractivity contribution >= 4 is 17.4 Å². The van der Waals surface area contributed by atoms with Crippen LogP contribution in [-0.2, 0) is 16.2 Å². The van der Waals surface area contributed by atoms with Crippen molar-refractivity contribution in [2.45, 2.75) is 19.6 Å². The molecule has 3 aromatic rings. The number of carbonyl (C=O) groups excluding carboxylic acids is 2. The number of aliphatic hydroxyl groups is 1. The lowest BCUT2D eigenvalue weighted by molar-refractivity contribution is -0.140. The van der Waals surface area contributed by atoms with Crippen LogP contribution in [-0.4, -0.2) is 53.8 Å². The summed E-state index contributed by atoms with van der Waals surface area (Å²) in [4.78, 5) is 29.7. The number of nitrogens with zero attached hydrogens (tertiary/aromatic N) is 2. The Labute approximate surface area is 206 Å². The van der Waals surface area contributed by atoms with Crippen LogP contribution in [0.2, 0.25) is 0 Å². The summed E-state index contributed by atoms with van der Waals surface area (Å²) in [6.45, 7) is 3.28. The highest BCUT2D eigenvalue weighted by molar-refractivity contribution is 6.46. The molecule has 6 heteroatoms. The predicted octanol–water partition coefficient (Wildman–Crippen LogP) is 4.56. The number of Topliss-reactive ketones (excluding diaryl/α,β-unsaturated/α-hetero) is 1. The van der Waals surface area contributed by atoms with Crippen LogP contribution in [0.15, 0.2) is 84.4 Å². The summed E-state index contributed by atoms with van der Waals surface area (Å²) in [5.74, 6) is -0.834. The Hall–Kier alpha value is -3.90. The van der Waals surface area contributed by atoms with Crippen molar-refractivity contribution in [1.29, 1.82) is 0 Å². The molecule has 4 rings (SSSR count). The zero-order valence-electron chi connectivity index (χ0n) is 20.3. The van der Waals surface area contributed by atoms with E-state index in [0.29, 0.717) is 36.6 Å². The Bertz CT molecular complexity index is 1230. The van der Waals surface area contributed by atoms with E-state index >= 15 is 0 Å². The summed E-state index contributed by atoms with van der Waals surface area (Å²) in [7, 11) is 3.83. The summed E-state index contributed by atoms with van der Waals surface area (Å²) < 4.78 is 6.00. The van der Waals surface area contributed by atoms with Crippen molar-refractivity contribution in [3.8, 4) is 5.75 Å². The van der Waals surface area contributed by atoms with Crippen LogP contribution in [0.1, 0.15) is 28.3 Å². The number of ether oxygens (including phenoxy) is 1. The van der Waals surface area contributed by atoms with E-state index in [0.717, 1.165) is 11.1 Å². The highest BCUT2D eigenvalue weighted by Crippen LogP contribution is 2.40. The van der Waals surface area contributed by atoms with Crippen LogP contribution in [0.4, 0.5) is 0 Å². The lowest BCUT2D eigenvalue weighted by Gasteiger charge is -2.27. The number of hydrogen-bond acceptors (Lipinski definition) is 5.